The molecule has 4 rings (SSSR count). The molecular weight excluding hydrogens is 435 g/mol. The molecule has 0 aromatic heterocycles. The third kappa shape index (κ3) is 4.41. The predicted molar refractivity (Wildman–Crippen MR) is 132 cm³/mol. The van der Waals surface area contributed by atoms with Crippen molar-refractivity contribution >= 4 is 7.60 Å². The number of hydrogen-bond acceptors (Lipinski definition) is 4. The molecule has 4 saturated carbocycles. The second-order valence-corrected chi connectivity index (χ2v) is 14.9. The van der Waals surface area contributed by atoms with Crippen LogP contribution in [0.1, 0.15) is 91.9 Å². The first-order valence-electron chi connectivity index (χ1n) is 13.7. The molecule has 0 aliphatic heterocycles. The van der Waals surface area contributed by atoms with E-state index in [9.17, 15) is 19.7 Å². The first-order chi connectivity index (χ1) is 15.5. The van der Waals surface area contributed by atoms with E-state index in [1.807, 2.05) is 0 Å². The summed E-state index contributed by atoms with van der Waals surface area (Å²) >= 11 is 0. The van der Waals surface area contributed by atoms with Gasteiger partial charge in [-0.3, -0.25) is 4.57 Å². The summed E-state index contributed by atoms with van der Waals surface area (Å²) in [4.78, 5) is 9.77. The lowest BCUT2D eigenvalue weighted by molar-refractivity contribution is -0.203. The minimum atomic E-state index is -3.42. The summed E-state index contributed by atoms with van der Waals surface area (Å²) in [5.41, 5.74) is 0.499. The lowest BCUT2D eigenvalue weighted by Crippen LogP contribution is -2.62. The third-order valence-electron chi connectivity index (χ3n) is 11.5. The van der Waals surface area contributed by atoms with Crippen LogP contribution in [-0.4, -0.2) is 40.6 Å². The van der Waals surface area contributed by atoms with Crippen LogP contribution in [0.2, 0.25) is 0 Å². The van der Waals surface area contributed by atoms with Crippen LogP contribution in [0.4, 0.5) is 0 Å². The molecule has 5 nitrogen and oxygen atoms in total. The minimum absolute atomic E-state index is 0.196. The highest BCUT2D eigenvalue weighted by atomic mass is 31.2. The van der Waals surface area contributed by atoms with Crippen molar-refractivity contribution in [2.75, 3.05) is 13.3 Å². The zero-order chi connectivity index (χ0) is 24.2. The Morgan fingerprint density at radius 2 is 1.70 bits per heavy atom. The van der Waals surface area contributed by atoms with Crippen LogP contribution < -0.4 is 0 Å². The molecule has 0 aromatic carbocycles. The van der Waals surface area contributed by atoms with Crippen LogP contribution in [0.3, 0.4) is 0 Å². The normalized spacial score (nSPS) is 50.1. The van der Waals surface area contributed by atoms with Crippen molar-refractivity contribution in [3.63, 3.8) is 0 Å². The number of aliphatic hydroxyl groups excluding tert-OH is 2. The van der Waals surface area contributed by atoms with Crippen LogP contribution in [0.15, 0.2) is 0 Å². The van der Waals surface area contributed by atoms with Crippen molar-refractivity contribution in [3.05, 3.63) is 0 Å². The largest absolute Gasteiger partial charge is 0.393 e. The van der Waals surface area contributed by atoms with Gasteiger partial charge in [0, 0.05) is 13.3 Å². The molecule has 0 saturated heterocycles. The lowest BCUT2D eigenvalue weighted by atomic mass is 9.41. The monoisotopic (exact) mass is 484 g/mol. The zero-order valence-electron chi connectivity index (χ0n) is 21.6. The average Bonchev–Trinajstić information content (AvgIpc) is 3.12. The van der Waals surface area contributed by atoms with E-state index >= 15 is 0 Å². The quantitative estimate of drug-likeness (QED) is 0.394. The van der Waals surface area contributed by atoms with E-state index in [4.69, 9.17) is 4.52 Å². The van der Waals surface area contributed by atoms with Gasteiger partial charge in [-0.25, -0.2) is 0 Å². The summed E-state index contributed by atoms with van der Waals surface area (Å²) in [6.45, 7) is 9.57. The molecule has 3 N–H and O–H groups in total. The van der Waals surface area contributed by atoms with Crippen molar-refractivity contribution in [2.24, 2.45) is 52.3 Å². The van der Waals surface area contributed by atoms with Gasteiger partial charge in [-0.15, -0.1) is 0 Å². The first-order valence-corrected chi connectivity index (χ1v) is 15.5. The molecule has 0 aromatic rings. The number of fused-ring (bicyclic) bond motifs is 5. The molecule has 192 valence electrons. The lowest BCUT2D eigenvalue weighted by Gasteiger charge is -2.64. The highest BCUT2D eigenvalue weighted by Gasteiger charge is 2.64. The Bertz CT molecular complexity index is 744. The van der Waals surface area contributed by atoms with Crippen molar-refractivity contribution in [3.8, 4) is 0 Å². The molecule has 0 radical (unpaired) electrons. The summed E-state index contributed by atoms with van der Waals surface area (Å²) in [6.07, 6.45) is 10.3. The molecular formula is C27H49O5P. The predicted octanol–water partition coefficient (Wildman–Crippen LogP) is 5.86. The van der Waals surface area contributed by atoms with Gasteiger partial charge in [0.05, 0.1) is 12.2 Å². The van der Waals surface area contributed by atoms with Gasteiger partial charge in [-0.1, -0.05) is 34.1 Å². The van der Waals surface area contributed by atoms with Crippen LogP contribution in [0.5, 0.6) is 0 Å². The zero-order valence-corrected chi connectivity index (χ0v) is 22.5. The molecule has 6 heteroatoms. The molecule has 0 amide bonds. The molecule has 0 spiro atoms. The van der Waals surface area contributed by atoms with E-state index in [0.29, 0.717) is 41.4 Å². The van der Waals surface area contributed by atoms with Gasteiger partial charge in [0.15, 0.2) is 0 Å². The Balaban J connectivity index is 1.53. The van der Waals surface area contributed by atoms with Crippen LogP contribution in [0, 0.1) is 52.3 Å². The Hall–Kier alpha value is 0.0700. The first kappa shape index (κ1) is 26.1. The van der Waals surface area contributed by atoms with Gasteiger partial charge in [0.2, 0.25) is 0 Å². The van der Waals surface area contributed by atoms with E-state index in [1.54, 1.807) is 0 Å². The topological polar surface area (TPSA) is 87.0 Å². The Labute approximate surface area is 201 Å². The molecule has 4 fully saturated rings. The van der Waals surface area contributed by atoms with Crippen molar-refractivity contribution in [1.29, 1.82) is 0 Å². The fourth-order valence-electron chi connectivity index (χ4n) is 9.84. The standard InChI is InChI=1S/C27H49O5P/c1-6-19-23-16-18(28)11-13-27(23,4)22-12-14-26(3)20(9-10-21(26)24(22)25(19)29)17(2)8-7-15-33(30,31)32-5/h17-25,28-29H,6-16H2,1-5H3,(H,30,31)/t17-,18-,19-,20?,21?,22?,23?,24?,25-,26?,27?/m1/s1. The van der Waals surface area contributed by atoms with E-state index in [-0.39, 0.29) is 29.2 Å². The highest BCUT2D eigenvalue weighted by molar-refractivity contribution is 7.52. The molecule has 8 unspecified atom stereocenters. The summed E-state index contributed by atoms with van der Waals surface area (Å²) in [6, 6.07) is 0. The molecule has 0 bridgehead atoms. The number of aliphatic hydroxyl groups is 2. The van der Waals surface area contributed by atoms with Gasteiger partial charge < -0.3 is 19.6 Å². The van der Waals surface area contributed by atoms with Gasteiger partial charge in [0.1, 0.15) is 0 Å². The minimum Gasteiger partial charge on any atom is -0.393 e. The smallest absolute Gasteiger partial charge is 0.327 e. The van der Waals surface area contributed by atoms with Crippen LogP contribution in [-0.2, 0) is 9.09 Å². The number of hydrogen-bond donors (Lipinski definition) is 3. The second-order valence-electron chi connectivity index (χ2n) is 12.8. The van der Waals surface area contributed by atoms with E-state index in [1.165, 1.54) is 32.8 Å². The Morgan fingerprint density at radius 1 is 1.03 bits per heavy atom. The maximum absolute atomic E-state index is 11.9. The molecule has 12 atom stereocenters. The maximum Gasteiger partial charge on any atom is 0.327 e. The molecule has 0 heterocycles. The Morgan fingerprint density at radius 3 is 2.36 bits per heavy atom. The van der Waals surface area contributed by atoms with Gasteiger partial charge in [-0.2, -0.15) is 0 Å². The van der Waals surface area contributed by atoms with Crippen molar-refractivity contribution in [1.82, 2.24) is 0 Å². The summed E-state index contributed by atoms with van der Waals surface area (Å²) in [5.74, 6) is 3.41. The van der Waals surface area contributed by atoms with Gasteiger partial charge in [0.25, 0.3) is 0 Å². The second kappa shape index (κ2) is 9.51. The van der Waals surface area contributed by atoms with E-state index in [2.05, 4.69) is 27.7 Å². The molecule has 4 aliphatic carbocycles. The highest BCUT2D eigenvalue weighted by Crippen LogP contribution is 2.69. The maximum atomic E-state index is 11.9. The summed E-state index contributed by atoms with van der Waals surface area (Å²) < 4.78 is 16.7. The van der Waals surface area contributed by atoms with Crippen LogP contribution >= 0.6 is 7.60 Å². The SMILES string of the molecule is CC[C@@H]1C2C[C@H](O)CCC2(C)C2CCC3(C)C(CCC3[C@H](C)CCCP(=O)(O)OC)C2[C@@H]1O. The third-order valence-corrected chi connectivity index (χ3v) is 13.0. The fourth-order valence-corrected chi connectivity index (χ4v) is 10.6. The van der Waals surface area contributed by atoms with Crippen molar-refractivity contribution < 1.29 is 24.2 Å². The average molecular weight is 485 g/mol. The van der Waals surface area contributed by atoms with E-state index < -0.39 is 7.60 Å². The number of rotatable bonds is 7. The fraction of sp³-hybridized carbons (Fsp3) is 1.00. The van der Waals surface area contributed by atoms with Gasteiger partial charge in [-0.05, 0) is 110 Å². The summed E-state index contributed by atoms with van der Waals surface area (Å²) in [7, 11) is -2.10. The summed E-state index contributed by atoms with van der Waals surface area (Å²) in [5, 5.41) is 22.3. The van der Waals surface area contributed by atoms with Crippen LogP contribution in [0.25, 0.3) is 0 Å². The molecule has 4 aliphatic rings. The van der Waals surface area contributed by atoms with E-state index in [0.717, 1.165) is 38.5 Å². The van der Waals surface area contributed by atoms with Crippen molar-refractivity contribution in [2.45, 2.75) is 104 Å². The Kier molecular flexibility index (Phi) is 7.53. The van der Waals surface area contributed by atoms with Gasteiger partial charge >= 0.3 is 7.60 Å². The molecule has 33 heavy (non-hydrogen) atoms.